The molecule has 14 heteroatoms. The van der Waals surface area contributed by atoms with E-state index in [1.165, 1.54) is 34.8 Å². The van der Waals surface area contributed by atoms with Gasteiger partial charge in [0.1, 0.15) is 0 Å². The first-order valence-corrected chi connectivity index (χ1v) is 15.3. The molecule has 3 aromatic heterocycles. The average Bonchev–Trinajstić information content (AvgIpc) is 3.63. The third-order valence-electron chi connectivity index (χ3n) is 7.19. The van der Waals surface area contributed by atoms with Crippen molar-refractivity contribution >= 4 is 33.0 Å². The van der Waals surface area contributed by atoms with Crippen LogP contribution in [0.15, 0.2) is 96.2 Å². The van der Waals surface area contributed by atoms with Crippen molar-refractivity contribution in [2.45, 2.75) is 18.0 Å². The van der Waals surface area contributed by atoms with Crippen LogP contribution < -0.4 is 11.1 Å². The molecule has 0 radical (unpaired) electrons. The SMILES string of the molecule is Cc1c(-c2ccnn2-c2ccc(N)cc2)cn2nc(NC(=O)c3ccc(S(C)(=O)=O)cc3)nc2c1-c1cccc(C(F)(F)F)c1. The molecular weight excluding hydrogens is 607 g/mol. The Kier molecular flexibility index (Phi) is 7.16. The van der Waals surface area contributed by atoms with Gasteiger partial charge in [-0.25, -0.2) is 17.6 Å². The van der Waals surface area contributed by atoms with Crippen molar-refractivity contribution in [1.29, 1.82) is 0 Å². The van der Waals surface area contributed by atoms with E-state index in [1.54, 1.807) is 60.4 Å². The van der Waals surface area contributed by atoms with Gasteiger partial charge in [-0.3, -0.25) is 10.1 Å². The Bertz CT molecular complexity index is 2190. The van der Waals surface area contributed by atoms with E-state index >= 15 is 0 Å². The van der Waals surface area contributed by atoms with Gasteiger partial charge in [0.25, 0.3) is 5.91 Å². The topological polar surface area (TPSA) is 137 Å². The molecule has 0 aliphatic heterocycles. The zero-order valence-electron chi connectivity index (χ0n) is 23.7. The highest BCUT2D eigenvalue weighted by molar-refractivity contribution is 7.90. The first kappa shape index (κ1) is 29.6. The van der Waals surface area contributed by atoms with Gasteiger partial charge in [0.15, 0.2) is 15.5 Å². The number of alkyl halides is 3. The van der Waals surface area contributed by atoms with Crippen molar-refractivity contribution in [1.82, 2.24) is 24.4 Å². The van der Waals surface area contributed by atoms with E-state index in [0.717, 1.165) is 18.4 Å². The van der Waals surface area contributed by atoms with E-state index in [9.17, 15) is 26.4 Å². The van der Waals surface area contributed by atoms with E-state index in [4.69, 9.17) is 5.73 Å². The number of fused-ring (bicyclic) bond motifs is 1. The highest BCUT2D eigenvalue weighted by atomic mass is 32.2. The lowest BCUT2D eigenvalue weighted by molar-refractivity contribution is -0.137. The number of nitrogens with two attached hydrogens (primary N) is 1. The van der Waals surface area contributed by atoms with Crippen LogP contribution in [0.2, 0.25) is 0 Å². The second kappa shape index (κ2) is 10.9. The number of benzene rings is 3. The number of amides is 1. The molecule has 10 nitrogen and oxygen atoms in total. The van der Waals surface area contributed by atoms with E-state index < -0.39 is 27.5 Å². The van der Waals surface area contributed by atoms with Crippen LogP contribution in [0.1, 0.15) is 21.5 Å². The summed E-state index contributed by atoms with van der Waals surface area (Å²) >= 11 is 0. The van der Waals surface area contributed by atoms with Gasteiger partial charge in [-0.1, -0.05) is 12.1 Å². The van der Waals surface area contributed by atoms with Crippen molar-refractivity contribution in [2.24, 2.45) is 0 Å². The molecule has 0 unspecified atom stereocenters. The maximum Gasteiger partial charge on any atom is 0.416 e. The lowest BCUT2D eigenvalue weighted by Crippen LogP contribution is -2.13. The fourth-order valence-corrected chi connectivity index (χ4v) is 5.60. The van der Waals surface area contributed by atoms with E-state index in [-0.39, 0.29) is 27.6 Å². The second-order valence-electron chi connectivity index (χ2n) is 10.3. The molecule has 3 N–H and O–H groups in total. The molecule has 0 aliphatic rings. The third kappa shape index (κ3) is 5.74. The molecule has 0 aliphatic carbocycles. The lowest BCUT2D eigenvalue weighted by Gasteiger charge is -2.16. The van der Waals surface area contributed by atoms with E-state index in [1.807, 2.05) is 0 Å². The first-order chi connectivity index (χ1) is 21.3. The molecule has 6 aromatic rings. The highest BCUT2D eigenvalue weighted by Gasteiger charge is 2.31. The predicted octanol–water partition coefficient (Wildman–Crippen LogP) is 5.81. The summed E-state index contributed by atoms with van der Waals surface area (Å²) in [5, 5.41) is 11.5. The number of carbonyl (C=O) groups is 1. The molecule has 6 rings (SSSR count). The standard InChI is InChI=1S/C31H24F3N7O3S/c1-18-25(26-14-15-36-41(26)23-10-8-22(35)9-11-23)17-40-28(27(18)20-4-3-5-21(16-20)31(32,33)34)37-30(39-40)38-29(42)19-6-12-24(13-7-19)45(2,43)44/h3-17H,35H2,1-2H3,(H,38,39,42). The lowest BCUT2D eigenvalue weighted by atomic mass is 9.95. The number of sulfone groups is 1. The Labute approximate surface area is 254 Å². The number of carbonyl (C=O) groups excluding carboxylic acids is 1. The minimum atomic E-state index is -4.58. The molecule has 0 saturated carbocycles. The van der Waals surface area contributed by atoms with Crippen LogP contribution in [-0.2, 0) is 16.0 Å². The maximum absolute atomic E-state index is 13.7. The molecule has 228 valence electrons. The third-order valence-corrected chi connectivity index (χ3v) is 8.32. The van der Waals surface area contributed by atoms with Gasteiger partial charge in [0, 0.05) is 34.8 Å². The number of aromatic nitrogens is 5. The molecular formula is C31H24F3N7O3S. The number of hydrogen-bond acceptors (Lipinski definition) is 7. The Balaban J connectivity index is 1.49. The van der Waals surface area contributed by atoms with Crippen LogP contribution in [-0.4, -0.2) is 45.0 Å². The summed E-state index contributed by atoms with van der Waals surface area (Å²) in [6.07, 6.45) is -0.258. The van der Waals surface area contributed by atoms with Crippen LogP contribution in [0, 0.1) is 6.92 Å². The number of halogens is 3. The van der Waals surface area contributed by atoms with Crippen LogP contribution >= 0.6 is 0 Å². The Morgan fingerprint density at radius 3 is 2.36 bits per heavy atom. The maximum atomic E-state index is 13.7. The van der Waals surface area contributed by atoms with Gasteiger partial charge in [0.2, 0.25) is 5.95 Å². The number of hydrogen-bond donors (Lipinski definition) is 2. The van der Waals surface area contributed by atoms with Crippen LogP contribution in [0.4, 0.5) is 24.8 Å². The number of nitrogens with zero attached hydrogens (tertiary/aromatic N) is 5. The predicted molar refractivity (Wildman–Crippen MR) is 163 cm³/mol. The molecule has 0 spiro atoms. The molecule has 0 saturated heterocycles. The van der Waals surface area contributed by atoms with E-state index in [2.05, 4.69) is 20.5 Å². The minimum Gasteiger partial charge on any atom is -0.399 e. The zero-order valence-corrected chi connectivity index (χ0v) is 24.6. The molecule has 3 heterocycles. The number of nitrogen functional groups attached to an aromatic ring is 1. The molecule has 0 fully saturated rings. The largest absolute Gasteiger partial charge is 0.416 e. The van der Waals surface area contributed by atoms with Gasteiger partial charge in [-0.2, -0.15) is 23.3 Å². The van der Waals surface area contributed by atoms with Crippen molar-refractivity contribution in [3.05, 3.63) is 108 Å². The van der Waals surface area contributed by atoms with Gasteiger partial charge >= 0.3 is 6.18 Å². The quantitative estimate of drug-likeness (QED) is 0.221. The summed E-state index contributed by atoms with van der Waals surface area (Å²) in [6, 6.07) is 19.0. The first-order valence-electron chi connectivity index (χ1n) is 13.4. The molecule has 0 bridgehead atoms. The van der Waals surface area contributed by atoms with Gasteiger partial charge in [-0.05, 0) is 84.8 Å². The van der Waals surface area contributed by atoms with Gasteiger partial charge in [-0.15, -0.1) is 5.10 Å². The molecule has 45 heavy (non-hydrogen) atoms. The number of rotatable bonds is 6. The van der Waals surface area contributed by atoms with Crippen molar-refractivity contribution < 1.29 is 26.4 Å². The normalized spacial score (nSPS) is 12.0. The average molecular weight is 632 g/mol. The van der Waals surface area contributed by atoms with Crippen LogP contribution in [0.5, 0.6) is 0 Å². The summed E-state index contributed by atoms with van der Waals surface area (Å²) in [7, 11) is -3.46. The summed E-state index contributed by atoms with van der Waals surface area (Å²) < 4.78 is 67.8. The number of anilines is 2. The summed E-state index contributed by atoms with van der Waals surface area (Å²) in [5.74, 6) is -0.714. The Morgan fingerprint density at radius 2 is 1.69 bits per heavy atom. The van der Waals surface area contributed by atoms with Crippen molar-refractivity contribution in [3.8, 4) is 28.1 Å². The van der Waals surface area contributed by atoms with Gasteiger partial charge in [0.05, 0.1) is 28.0 Å². The fourth-order valence-electron chi connectivity index (χ4n) is 4.97. The van der Waals surface area contributed by atoms with E-state index in [0.29, 0.717) is 33.8 Å². The Morgan fingerprint density at radius 1 is 0.978 bits per heavy atom. The number of nitrogens with one attached hydrogen (secondary N) is 1. The van der Waals surface area contributed by atoms with Crippen molar-refractivity contribution in [3.63, 3.8) is 0 Å². The molecule has 1 amide bonds. The van der Waals surface area contributed by atoms with Crippen LogP contribution in [0.25, 0.3) is 33.7 Å². The summed E-state index contributed by atoms with van der Waals surface area (Å²) in [6.45, 7) is 1.77. The van der Waals surface area contributed by atoms with Crippen molar-refractivity contribution in [2.75, 3.05) is 17.3 Å². The summed E-state index contributed by atoms with van der Waals surface area (Å²) in [4.78, 5) is 17.5. The smallest absolute Gasteiger partial charge is 0.399 e. The summed E-state index contributed by atoms with van der Waals surface area (Å²) in [5.41, 5.74) is 9.10. The molecule has 0 atom stereocenters. The Hall–Kier alpha value is -5.50. The highest BCUT2D eigenvalue weighted by Crippen LogP contribution is 2.38. The monoisotopic (exact) mass is 631 g/mol. The fraction of sp³-hybridized carbons (Fsp3) is 0.0968. The molecule has 3 aromatic carbocycles. The zero-order chi connectivity index (χ0) is 32.1. The van der Waals surface area contributed by atoms with Crippen LogP contribution in [0.3, 0.4) is 0 Å². The van der Waals surface area contributed by atoms with Gasteiger partial charge < -0.3 is 5.73 Å². The minimum absolute atomic E-state index is 0.0526. The second-order valence-corrected chi connectivity index (χ2v) is 12.3. The number of pyridine rings is 1.